The molecule has 4 rings (SSSR count). The number of amides is 2. The summed E-state index contributed by atoms with van der Waals surface area (Å²) < 4.78 is 0. The molecule has 0 saturated carbocycles. The maximum Gasteiger partial charge on any atom is 0.324 e. The normalized spacial score (nSPS) is 27.7. The molecule has 4 unspecified atom stereocenters. The second-order valence-corrected chi connectivity index (χ2v) is 9.24. The summed E-state index contributed by atoms with van der Waals surface area (Å²) in [5.41, 5.74) is 0.00241. The van der Waals surface area contributed by atoms with Crippen molar-refractivity contribution in [2.45, 2.75) is 38.4 Å². The van der Waals surface area contributed by atoms with Crippen molar-refractivity contribution in [2.75, 3.05) is 0 Å². The van der Waals surface area contributed by atoms with Crippen molar-refractivity contribution in [3.05, 3.63) is 70.7 Å². The first-order valence-corrected chi connectivity index (χ1v) is 10.8. The highest BCUT2D eigenvalue weighted by molar-refractivity contribution is 6.30. The minimum atomic E-state index is -1.52. The largest absolute Gasteiger partial charge is 0.480 e. The van der Waals surface area contributed by atoms with Crippen molar-refractivity contribution in [2.24, 2.45) is 17.8 Å². The summed E-state index contributed by atoms with van der Waals surface area (Å²) in [6.07, 6.45) is 0.235. The summed E-state index contributed by atoms with van der Waals surface area (Å²) >= 11 is 6.18. The molecule has 2 heterocycles. The van der Waals surface area contributed by atoms with Gasteiger partial charge >= 0.3 is 5.97 Å². The molecule has 0 radical (unpaired) electrons. The van der Waals surface area contributed by atoms with Gasteiger partial charge in [-0.15, -0.1) is 0 Å². The number of nitrogens with one attached hydrogen (secondary N) is 1. The fraction of sp³-hybridized carbons (Fsp3) is 0.375. The number of aliphatic carboxylic acids is 1. The maximum atomic E-state index is 13.5. The van der Waals surface area contributed by atoms with Crippen LogP contribution < -0.4 is 5.32 Å². The minimum Gasteiger partial charge on any atom is -0.480 e. The molecule has 2 aliphatic rings. The third-order valence-corrected chi connectivity index (χ3v) is 6.48. The number of carbonyl (C=O) groups is 3. The van der Waals surface area contributed by atoms with E-state index >= 15 is 0 Å². The van der Waals surface area contributed by atoms with Gasteiger partial charge < -0.3 is 5.11 Å². The zero-order valence-electron chi connectivity index (χ0n) is 17.4. The van der Waals surface area contributed by atoms with E-state index in [-0.39, 0.29) is 24.8 Å². The summed E-state index contributed by atoms with van der Waals surface area (Å²) in [5, 5.41) is 14.0. The van der Waals surface area contributed by atoms with Crippen LogP contribution in [-0.2, 0) is 20.9 Å². The molecule has 2 aromatic rings. The van der Waals surface area contributed by atoms with E-state index in [2.05, 4.69) is 5.32 Å². The monoisotopic (exact) mass is 440 g/mol. The number of fused-ring (bicyclic) bond motifs is 1. The molecule has 2 saturated heterocycles. The van der Waals surface area contributed by atoms with Crippen molar-refractivity contribution >= 4 is 29.4 Å². The zero-order valence-corrected chi connectivity index (χ0v) is 18.2. The van der Waals surface area contributed by atoms with E-state index in [1.54, 1.807) is 18.2 Å². The van der Waals surface area contributed by atoms with E-state index < -0.39 is 35.3 Å². The molecule has 0 spiro atoms. The molecular formula is C24H25ClN2O4. The van der Waals surface area contributed by atoms with Gasteiger partial charge in [0.2, 0.25) is 11.8 Å². The Hall–Kier alpha value is -2.70. The number of likely N-dealkylation sites (tertiary alicyclic amines) is 1. The quantitative estimate of drug-likeness (QED) is 0.669. The van der Waals surface area contributed by atoms with Crippen LogP contribution in [0.5, 0.6) is 0 Å². The van der Waals surface area contributed by atoms with E-state index in [4.69, 9.17) is 11.6 Å². The van der Waals surface area contributed by atoms with Crippen molar-refractivity contribution in [3.8, 4) is 0 Å². The third kappa shape index (κ3) is 3.64. The highest BCUT2D eigenvalue weighted by Crippen LogP contribution is 2.51. The summed E-state index contributed by atoms with van der Waals surface area (Å²) in [4.78, 5) is 40.8. The maximum absolute atomic E-state index is 13.5. The van der Waals surface area contributed by atoms with Crippen LogP contribution in [0, 0.1) is 17.8 Å². The van der Waals surface area contributed by atoms with Crippen LogP contribution in [0.1, 0.15) is 37.4 Å². The molecular weight excluding hydrogens is 416 g/mol. The van der Waals surface area contributed by atoms with Crippen molar-refractivity contribution in [1.82, 2.24) is 10.2 Å². The molecule has 4 atom stereocenters. The van der Waals surface area contributed by atoms with Gasteiger partial charge in [-0.3, -0.25) is 24.6 Å². The standard InChI is InChI=1S/C24H25ClN2O4/c1-14(2)12-24(23(30)31)19-18(20(26-24)16-9-6-10-17(25)11-16)21(28)27(22(19)29)13-15-7-4-3-5-8-15/h3-11,14,18-20,26H,12-13H2,1-2H3,(H,30,31). The van der Waals surface area contributed by atoms with Crippen LogP contribution in [-0.4, -0.2) is 33.3 Å². The number of benzene rings is 2. The van der Waals surface area contributed by atoms with Gasteiger partial charge in [-0.05, 0) is 35.6 Å². The third-order valence-electron chi connectivity index (χ3n) is 6.25. The Morgan fingerprint density at radius 2 is 1.84 bits per heavy atom. The van der Waals surface area contributed by atoms with Gasteiger partial charge in [0.1, 0.15) is 5.54 Å². The number of carboxylic acids is 1. The first kappa shape index (κ1) is 21.5. The average molecular weight is 441 g/mol. The van der Waals surface area contributed by atoms with Crippen molar-refractivity contribution in [3.63, 3.8) is 0 Å². The SMILES string of the molecule is CC(C)CC1(C(=O)O)NC(c2cccc(Cl)c2)C2C(=O)N(Cc3ccccc3)C(=O)C21. The molecule has 2 N–H and O–H groups in total. The Morgan fingerprint density at radius 3 is 2.45 bits per heavy atom. The Bertz CT molecular complexity index is 1030. The lowest BCUT2D eigenvalue weighted by molar-refractivity contribution is -0.152. The fourth-order valence-corrected chi connectivity index (χ4v) is 5.29. The summed E-state index contributed by atoms with van der Waals surface area (Å²) in [7, 11) is 0. The molecule has 2 aromatic carbocycles. The van der Waals surface area contributed by atoms with Gasteiger partial charge in [0.15, 0.2) is 0 Å². The molecule has 0 aliphatic carbocycles. The molecule has 31 heavy (non-hydrogen) atoms. The number of halogens is 1. The average Bonchev–Trinajstić information content (AvgIpc) is 3.18. The van der Waals surface area contributed by atoms with Crippen LogP contribution >= 0.6 is 11.6 Å². The number of hydrogen-bond acceptors (Lipinski definition) is 4. The van der Waals surface area contributed by atoms with Gasteiger partial charge in [-0.1, -0.05) is 67.9 Å². The molecule has 0 aromatic heterocycles. The molecule has 2 aliphatic heterocycles. The van der Waals surface area contributed by atoms with Crippen LogP contribution in [0.15, 0.2) is 54.6 Å². The molecule has 7 heteroatoms. The van der Waals surface area contributed by atoms with Crippen LogP contribution in [0.25, 0.3) is 0 Å². The summed E-state index contributed by atoms with van der Waals surface area (Å²) in [5.74, 6) is -3.66. The molecule has 162 valence electrons. The lowest BCUT2D eigenvalue weighted by atomic mass is 9.75. The first-order chi connectivity index (χ1) is 14.7. The van der Waals surface area contributed by atoms with E-state index in [1.165, 1.54) is 4.90 Å². The van der Waals surface area contributed by atoms with Crippen molar-refractivity contribution in [1.29, 1.82) is 0 Å². The molecule has 0 bridgehead atoms. The Labute approximate surface area is 186 Å². The minimum absolute atomic E-state index is 0.00781. The van der Waals surface area contributed by atoms with Crippen LogP contribution in [0.4, 0.5) is 0 Å². The van der Waals surface area contributed by atoms with Gasteiger partial charge in [0.05, 0.1) is 18.4 Å². The lowest BCUT2D eigenvalue weighted by Crippen LogP contribution is -2.56. The van der Waals surface area contributed by atoms with Gasteiger partial charge in [-0.25, -0.2) is 0 Å². The number of imide groups is 1. The first-order valence-electron chi connectivity index (χ1n) is 10.4. The van der Waals surface area contributed by atoms with Crippen LogP contribution in [0.3, 0.4) is 0 Å². The second-order valence-electron chi connectivity index (χ2n) is 8.80. The van der Waals surface area contributed by atoms with E-state index in [9.17, 15) is 19.5 Å². The number of carboxylic acid groups (broad SMARTS) is 1. The molecule has 2 fully saturated rings. The highest BCUT2D eigenvalue weighted by Gasteiger charge is 2.68. The topological polar surface area (TPSA) is 86.7 Å². The number of rotatable bonds is 6. The van der Waals surface area contributed by atoms with E-state index in [0.717, 1.165) is 5.56 Å². The van der Waals surface area contributed by atoms with Gasteiger partial charge in [-0.2, -0.15) is 0 Å². The molecule has 6 nitrogen and oxygen atoms in total. The molecule has 2 amide bonds. The Kier molecular flexibility index (Phi) is 5.62. The van der Waals surface area contributed by atoms with Crippen molar-refractivity contribution < 1.29 is 19.5 Å². The van der Waals surface area contributed by atoms with Gasteiger partial charge in [0, 0.05) is 11.1 Å². The fourth-order valence-electron chi connectivity index (χ4n) is 5.09. The predicted octanol–water partition coefficient (Wildman–Crippen LogP) is 3.66. The highest BCUT2D eigenvalue weighted by atomic mass is 35.5. The summed E-state index contributed by atoms with van der Waals surface area (Å²) in [6, 6.07) is 15.7. The second kappa shape index (κ2) is 8.09. The zero-order chi connectivity index (χ0) is 22.3. The smallest absolute Gasteiger partial charge is 0.324 e. The van der Waals surface area contributed by atoms with Gasteiger partial charge in [0.25, 0.3) is 0 Å². The number of carbonyl (C=O) groups excluding carboxylic acids is 2. The van der Waals surface area contributed by atoms with E-state index in [0.29, 0.717) is 10.6 Å². The summed E-state index contributed by atoms with van der Waals surface area (Å²) in [6.45, 7) is 3.96. The Morgan fingerprint density at radius 1 is 1.13 bits per heavy atom. The Balaban J connectivity index is 1.80. The lowest BCUT2D eigenvalue weighted by Gasteiger charge is -2.32. The van der Waals surface area contributed by atoms with Crippen LogP contribution in [0.2, 0.25) is 5.02 Å². The predicted molar refractivity (Wildman–Crippen MR) is 116 cm³/mol. The number of hydrogen-bond donors (Lipinski definition) is 2. The number of nitrogens with zero attached hydrogens (tertiary/aromatic N) is 1. The van der Waals surface area contributed by atoms with E-state index in [1.807, 2.05) is 50.2 Å².